The number of aliphatic hydroxyl groups is 1. The predicted octanol–water partition coefficient (Wildman–Crippen LogP) is 6.76. The molecule has 0 radical (unpaired) electrons. The van der Waals surface area contributed by atoms with Gasteiger partial charge in [0.2, 0.25) is 10.0 Å². The normalized spacial score (nSPS) is 18.0. The molecule has 3 atom stereocenters. The van der Waals surface area contributed by atoms with E-state index in [2.05, 4.69) is 9.71 Å². The fraction of sp³-hybridized carbons (Fsp3) is 0.189. The lowest BCUT2D eigenvalue weighted by molar-refractivity contribution is -0.245. The number of aromatic nitrogens is 1. The summed E-state index contributed by atoms with van der Waals surface area (Å²) in [6.45, 7) is 0.0706. The van der Waals surface area contributed by atoms with Crippen LogP contribution in [-0.2, 0) is 32.6 Å². The van der Waals surface area contributed by atoms with Crippen LogP contribution in [0.1, 0.15) is 51.4 Å². The van der Waals surface area contributed by atoms with E-state index >= 15 is 0 Å². The van der Waals surface area contributed by atoms with Crippen molar-refractivity contribution in [2.75, 3.05) is 5.75 Å². The van der Waals surface area contributed by atoms with Gasteiger partial charge >= 0.3 is 5.97 Å². The first-order valence-corrected chi connectivity index (χ1v) is 17.8. The maximum atomic E-state index is 12.9. The van der Waals surface area contributed by atoms with Crippen LogP contribution in [0.25, 0.3) is 11.1 Å². The maximum absolute atomic E-state index is 12.9. The molecule has 9 nitrogen and oxygen atoms in total. The molecule has 5 aromatic rings. The lowest BCUT2D eigenvalue weighted by Gasteiger charge is -2.36. The largest absolute Gasteiger partial charge is 0.478 e. The third kappa shape index (κ3) is 8.01. The van der Waals surface area contributed by atoms with E-state index in [0.717, 1.165) is 33.4 Å². The maximum Gasteiger partial charge on any atom is 0.338 e. The first-order chi connectivity index (χ1) is 23.3. The lowest BCUT2D eigenvalue weighted by Crippen LogP contribution is -2.31. The summed E-state index contributed by atoms with van der Waals surface area (Å²) < 4.78 is 41.3. The minimum Gasteiger partial charge on any atom is -0.478 e. The summed E-state index contributed by atoms with van der Waals surface area (Å²) in [7, 11) is -3.68. The summed E-state index contributed by atoms with van der Waals surface area (Å²) in [5.41, 5.74) is 5.32. The van der Waals surface area contributed by atoms with E-state index in [4.69, 9.17) is 9.47 Å². The fourth-order valence-electron chi connectivity index (χ4n) is 5.49. The number of pyridine rings is 1. The van der Waals surface area contributed by atoms with E-state index in [9.17, 15) is 23.4 Å². The number of nitrogens with one attached hydrogen (secondary N) is 1. The summed E-state index contributed by atoms with van der Waals surface area (Å²) in [5.74, 6) is -0.569. The lowest BCUT2D eigenvalue weighted by atomic mass is 9.98. The van der Waals surface area contributed by atoms with Gasteiger partial charge in [0.25, 0.3) is 0 Å². The van der Waals surface area contributed by atoms with Gasteiger partial charge in [0, 0.05) is 30.5 Å². The molecule has 3 N–H and O–H groups in total. The van der Waals surface area contributed by atoms with Crippen molar-refractivity contribution in [1.29, 1.82) is 0 Å². The zero-order valence-corrected chi connectivity index (χ0v) is 27.4. The van der Waals surface area contributed by atoms with Crippen molar-refractivity contribution in [1.82, 2.24) is 9.71 Å². The third-order valence-electron chi connectivity index (χ3n) is 8.04. The molecule has 2 heterocycles. The zero-order chi connectivity index (χ0) is 33.5. The number of thioether (sulfide) groups is 1. The molecular weight excluding hydrogens is 649 g/mol. The Hall–Kier alpha value is -4.36. The van der Waals surface area contributed by atoms with E-state index < -0.39 is 22.3 Å². The van der Waals surface area contributed by atoms with Crippen LogP contribution in [0.3, 0.4) is 0 Å². The van der Waals surface area contributed by atoms with E-state index in [0.29, 0.717) is 17.2 Å². The van der Waals surface area contributed by atoms with Gasteiger partial charge in [-0.1, -0.05) is 91.0 Å². The first-order valence-electron chi connectivity index (χ1n) is 15.4. The van der Waals surface area contributed by atoms with Crippen molar-refractivity contribution in [3.05, 3.63) is 149 Å². The van der Waals surface area contributed by atoms with Crippen molar-refractivity contribution in [2.45, 2.75) is 48.0 Å². The van der Waals surface area contributed by atoms with Gasteiger partial charge < -0.3 is 19.7 Å². The molecule has 1 aliphatic rings. The topological polar surface area (TPSA) is 135 Å². The molecule has 48 heavy (non-hydrogen) atoms. The molecule has 246 valence electrons. The fourth-order valence-corrected chi connectivity index (χ4v) is 7.53. The molecule has 1 aromatic heterocycles. The first kappa shape index (κ1) is 33.5. The number of carboxylic acids is 1. The molecule has 11 heteroatoms. The number of carbonyl (C=O) groups is 1. The van der Waals surface area contributed by atoms with E-state index in [1.807, 2.05) is 72.8 Å². The number of benzene rings is 4. The van der Waals surface area contributed by atoms with Crippen LogP contribution < -0.4 is 4.72 Å². The van der Waals surface area contributed by atoms with Crippen LogP contribution in [0, 0.1) is 0 Å². The molecule has 1 fully saturated rings. The number of hydrogen-bond acceptors (Lipinski definition) is 8. The smallest absolute Gasteiger partial charge is 0.338 e. The Morgan fingerprint density at radius 2 is 1.56 bits per heavy atom. The van der Waals surface area contributed by atoms with Crippen molar-refractivity contribution in [3.8, 4) is 11.1 Å². The molecule has 0 spiro atoms. The van der Waals surface area contributed by atoms with Crippen LogP contribution in [0.5, 0.6) is 0 Å². The summed E-state index contributed by atoms with van der Waals surface area (Å²) >= 11 is 1.33. The summed E-state index contributed by atoms with van der Waals surface area (Å²) in [6.07, 6.45) is 0.838. The van der Waals surface area contributed by atoms with Gasteiger partial charge in [0.15, 0.2) is 6.29 Å². The molecule has 4 aromatic carbocycles. The monoisotopic (exact) mass is 682 g/mol. The molecule has 0 aliphatic carbocycles. The second-order valence-electron chi connectivity index (χ2n) is 11.2. The van der Waals surface area contributed by atoms with E-state index in [-0.39, 0.29) is 35.8 Å². The van der Waals surface area contributed by atoms with Gasteiger partial charge in [-0.3, -0.25) is 0 Å². The number of hydrogen-bond donors (Lipinski definition) is 3. The summed E-state index contributed by atoms with van der Waals surface area (Å²) in [4.78, 5) is 16.2. The Kier molecular flexibility index (Phi) is 10.7. The molecule has 0 amide bonds. The van der Waals surface area contributed by atoms with Gasteiger partial charge in [0.1, 0.15) is 5.03 Å². The van der Waals surface area contributed by atoms with Crippen molar-refractivity contribution in [2.24, 2.45) is 0 Å². The SMILES string of the molecule is O=C(O)c1cccnc1SCC1CC(c2ccc(CO)cc2)OC(c2ccc(-c3ccccc3CNS(=O)(=O)c3ccccc3)cc2)O1. The van der Waals surface area contributed by atoms with Crippen LogP contribution in [0.2, 0.25) is 0 Å². The number of rotatable bonds is 12. The molecule has 1 aliphatic heterocycles. The van der Waals surface area contributed by atoms with E-state index in [1.165, 1.54) is 17.8 Å². The second kappa shape index (κ2) is 15.2. The number of ether oxygens (including phenoxy) is 2. The van der Waals surface area contributed by atoms with E-state index in [1.54, 1.807) is 42.6 Å². The van der Waals surface area contributed by atoms with Crippen LogP contribution in [0.15, 0.2) is 131 Å². The third-order valence-corrected chi connectivity index (χ3v) is 10.6. The van der Waals surface area contributed by atoms with Crippen LogP contribution in [-0.4, -0.2) is 41.4 Å². The number of carboxylic acid groups (broad SMARTS) is 1. The minimum absolute atomic E-state index is 0.0544. The number of aliphatic hydroxyl groups excluding tert-OH is 1. The van der Waals surface area contributed by atoms with Crippen molar-refractivity contribution < 1.29 is 32.9 Å². The van der Waals surface area contributed by atoms with Gasteiger partial charge in [-0.2, -0.15) is 0 Å². The molecule has 0 bridgehead atoms. The molecule has 6 rings (SSSR count). The molecule has 0 saturated carbocycles. The van der Waals surface area contributed by atoms with Gasteiger partial charge in [-0.15, -0.1) is 11.8 Å². The number of sulfonamides is 1. The van der Waals surface area contributed by atoms with Crippen molar-refractivity contribution in [3.63, 3.8) is 0 Å². The Morgan fingerprint density at radius 1 is 0.854 bits per heavy atom. The highest BCUT2D eigenvalue weighted by molar-refractivity contribution is 7.99. The average Bonchev–Trinajstić information content (AvgIpc) is 3.13. The highest BCUT2D eigenvalue weighted by Gasteiger charge is 2.32. The average molecular weight is 683 g/mol. The minimum atomic E-state index is -3.68. The van der Waals surface area contributed by atoms with Gasteiger partial charge in [-0.25, -0.2) is 22.9 Å². The Labute approximate surface area is 283 Å². The second-order valence-corrected chi connectivity index (χ2v) is 14.0. The zero-order valence-electron chi connectivity index (χ0n) is 25.8. The quantitative estimate of drug-likeness (QED) is 0.122. The highest BCUT2D eigenvalue weighted by atomic mass is 32.2. The van der Waals surface area contributed by atoms with Gasteiger partial charge in [0.05, 0.1) is 29.3 Å². The number of aromatic carboxylic acids is 1. The highest BCUT2D eigenvalue weighted by Crippen LogP contribution is 2.40. The van der Waals surface area contributed by atoms with Gasteiger partial charge in [-0.05, 0) is 52.1 Å². The standard InChI is InChI=1S/C37H34N2O7S2/c40-23-25-12-14-27(15-13-25)34-21-30(24-47-35-33(36(41)42)11-6-20-38-35)45-37(46-34)28-18-16-26(17-19-28)32-10-5-4-7-29(32)22-39-48(43,44)31-8-2-1-3-9-31/h1-20,30,34,37,39-40H,21-24H2,(H,41,42). The summed E-state index contributed by atoms with van der Waals surface area (Å²) in [6, 6.07) is 34.5. The van der Waals surface area contributed by atoms with Crippen molar-refractivity contribution >= 4 is 27.8 Å². The van der Waals surface area contributed by atoms with Crippen LogP contribution in [0.4, 0.5) is 0 Å². The molecule has 1 saturated heterocycles. The van der Waals surface area contributed by atoms with Crippen LogP contribution >= 0.6 is 11.8 Å². The molecule has 3 unspecified atom stereocenters. The Balaban J connectivity index is 1.21. The number of nitrogens with zero attached hydrogens (tertiary/aromatic N) is 1. The summed E-state index contributed by atoms with van der Waals surface area (Å²) in [5, 5.41) is 19.5. The Bertz CT molecular complexity index is 1950. The predicted molar refractivity (Wildman–Crippen MR) is 183 cm³/mol. The Morgan fingerprint density at radius 3 is 2.29 bits per heavy atom. The molecular formula is C37H34N2O7S2.